The van der Waals surface area contributed by atoms with E-state index in [4.69, 9.17) is 9.72 Å². The lowest BCUT2D eigenvalue weighted by atomic mass is 10.2. The Hall–Kier alpha value is -1.49. The predicted molar refractivity (Wildman–Crippen MR) is 80.7 cm³/mol. The molecule has 1 aromatic rings. The summed E-state index contributed by atoms with van der Waals surface area (Å²) >= 11 is 0. The zero-order valence-corrected chi connectivity index (χ0v) is 12.2. The largest absolute Gasteiger partial charge is 0.372 e. The van der Waals surface area contributed by atoms with Crippen molar-refractivity contribution >= 4 is 17.3 Å². The van der Waals surface area contributed by atoms with E-state index in [2.05, 4.69) is 41.1 Å². The van der Waals surface area contributed by atoms with Crippen LogP contribution in [0.2, 0.25) is 0 Å². The number of pyridine rings is 1. The number of ether oxygens (including phenoxy) is 1. The molecule has 1 N–H and O–H groups in total. The minimum absolute atomic E-state index is 0.268. The topological polar surface area (TPSA) is 40.6 Å². The van der Waals surface area contributed by atoms with E-state index in [-0.39, 0.29) is 12.2 Å². The SMILES string of the molecule is C[C@@H]1CN(c2ccc3c(n2)NC2CCN3C2)C[C@H](C)O1. The van der Waals surface area contributed by atoms with E-state index in [1.807, 2.05) is 0 Å². The van der Waals surface area contributed by atoms with Crippen LogP contribution in [-0.2, 0) is 4.74 Å². The summed E-state index contributed by atoms with van der Waals surface area (Å²) in [5.74, 6) is 2.13. The maximum atomic E-state index is 5.80. The summed E-state index contributed by atoms with van der Waals surface area (Å²) in [7, 11) is 0. The van der Waals surface area contributed by atoms with Crippen molar-refractivity contribution in [1.29, 1.82) is 0 Å². The van der Waals surface area contributed by atoms with Crippen molar-refractivity contribution in [3.05, 3.63) is 12.1 Å². The van der Waals surface area contributed by atoms with Crippen molar-refractivity contribution in [2.75, 3.05) is 41.3 Å². The second kappa shape index (κ2) is 4.52. The molecular weight excluding hydrogens is 252 g/mol. The van der Waals surface area contributed by atoms with E-state index in [0.717, 1.165) is 37.8 Å². The number of hydrogen-bond donors (Lipinski definition) is 1. The van der Waals surface area contributed by atoms with E-state index in [1.165, 1.54) is 12.1 Å². The summed E-state index contributed by atoms with van der Waals surface area (Å²) < 4.78 is 5.80. The molecule has 5 heteroatoms. The van der Waals surface area contributed by atoms with Gasteiger partial charge in [0.05, 0.1) is 17.9 Å². The highest BCUT2D eigenvalue weighted by Crippen LogP contribution is 2.35. The molecule has 2 saturated heterocycles. The number of anilines is 3. The number of fused-ring (bicyclic) bond motifs is 4. The van der Waals surface area contributed by atoms with E-state index < -0.39 is 0 Å². The molecule has 5 nitrogen and oxygen atoms in total. The summed E-state index contributed by atoms with van der Waals surface area (Å²) in [5.41, 5.74) is 1.26. The van der Waals surface area contributed by atoms with E-state index >= 15 is 0 Å². The zero-order chi connectivity index (χ0) is 13.7. The van der Waals surface area contributed by atoms with Crippen molar-refractivity contribution in [2.45, 2.75) is 38.5 Å². The first-order valence-electron chi connectivity index (χ1n) is 7.62. The Balaban J connectivity index is 1.62. The molecule has 2 fully saturated rings. The first-order valence-corrected chi connectivity index (χ1v) is 7.62. The van der Waals surface area contributed by atoms with Gasteiger partial charge >= 0.3 is 0 Å². The predicted octanol–water partition coefficient (Wildman–Crippen LogP) is 1.70. The Kier molecular flexibility index (Phi) is 2.77. The molecule has 3 aliphatic rings. The molecule has 0 aliphatic carbocycles. The maximum Gasteiger partial charge on any atom is 0.152 e. The Morgan fingerprint density at radius 3 is 2.75 bits per heavy atom. The highest BCUT2D eigenvalue weighted by Gasteiger charge is 2.31. The van der Waals surface area contributed by atoms with E-state index in [9.17, 15) is 0 Å². The summed E-state index contributed by atoms with van der Waals surface area (Å²) in [4.78, 5) is 9.65. The normalized spacial score (nSPS) is 32.0. The zero-order valence-electron chi connectivity index (χ0n) is 12.2. The van der Waals surface area contributed by atoms with Gasteiger partial charge in [-0.15, -0.1) is 0 Å². The monoisotopic (exact) mass is 274 g/mol. The Labute approximate surface area is 119 Å². The number of nitrogens with one attached hydrogen (secondary N) is 1. The van der Waals surface area contributed by atoms with Crippen molar-refractivity contribution in [3.8, 4) is 0 Å². The average Bonchev–Trinajstić information content (AvgIpc) is 2.80. The summed E-state index contributed by atoms with van der Waals surface area (Å²) in [6.45, 7) is 8.38. The van der Waals surface area contributed by atoms with Gasteiger partial charge in [-0.25, -0.2) is 4.98 Å². The average molecular weight is 274 g/mol. The Bertz CT molecular complexity index is 511. The first-order chi connectivity index (χ1) is 9.69. The quantitative estimate of drug-likeness (QED) is 0.844. The molecule has 4 heterocycles. The molecule has 0 spiro atoms. The molecule has 3 atom stereocenters. The molecule has 4 rings (SSSR count). The van der Waals surface area contributed by atoms with Crippen LogP contribution < -0.4 is 15.1 Å². The highest BCUT2D eigenvalue weighted by atomic mass is 16.5. The van der Waals surface area contributed by atoms with Crippen LogP contribution in [0.4, 0.5) is 17.3 Å². The Morgan fingerprint density at radius 2 is 1.95 bits per heavy atom. The van der Waals surface area contributed by atoms with Gasteiger partial charge in [0.15, 0.2) is 5.82 Å². The van der Waals surface area contributed by atoms with Crippen LogP contribution in [0, 0.1) is 0 Å². The van der Waals surface area contributed by atoms with Gasteiger partial charge in [0.2, 0.25) is 0 Å². The number of morpholine rings is 1. The lowest BCUT2D eigenvalue weighted by Crippen LogP contribution is -2.46. The lowest BCUT2D eigenvalue weighted by molar-refractivity contribution is -0.00545. The van der Waals surface area contributed by atoms with Crippen LogP contribution in [0.1, 0.15) is 20.3 Å². The van der Waals surface area contributed by atoms with Crippen molar-refractivity contribution in [3.63, 3.8) is 0 Å². The fourth-order valence-corrected chi connectivity index (χ4v) is 3.63. The molecule has 2 bridgehead atoms. The molecular formula is C15H22N4O. The van der Waals surface area contributed by atoms with Crippen LogP contribution in [0.15, 0.2) is 12.1 Å². The third-order valence-electron chi connectivity index (χ3n) is 4.47. The lowest BCUT2D eigenvalue weighted by Gasteiger charge is -2.37. The fourth-order valence-electron chi connectivity index (χ4n) is 3.63. The molecule has 1 unspecified atom stereocenters. The number of aromatic nitrogens is 1. The molecule has 0 radical (unpaired) electrons. The molecule has 20 heavy (non-hydrogen) atoms. The second-order valence-electron chi connectivity index (χ2n) is 6.28. The van der Waals surface area contributed by atoms with Gasteiger partial charge in [-0.3, -0.25) is 0 Å². The molecule has 108 valence electrons. The summed E-state index contributed by atoms with van der Waals surface area (Å²) in [6.07, 6.45) is 1.76. The first kappa shape index (κ1) is 12.3. The fraction of sp³-hybridized carbons (Fsp3) is 0.667. The van der Waals surface area contributed by atoms with Gasteiger partial charge in [0, 0.05) is 32.2 Å². The second-order valence-corrected chi connectivity index (χ2v) is 6.28. The minimum atomic E-state index is 0.268. The molecule has 0 aromatic carbocycles. The third-order valence-corrected chi connectivity index (χ3v) is 4.47. The minimum Gasteiger partial charge on any atom is -0.372 e. The van der Waals surface area contributed by atoms with E-state index in [1.54, 1.807) is 0 Å². The van der Waals surface area contributed by atoms with Gasteiger partial charge in [-0.2, -0.15) is 0 Å². The molecule has 0 saturated carbocycles. The van der Waals surface area contributed by atoms with Gasteiger partial charge in [0.25, 0.3) is 0 Å². The smallest absolute Gasteiger partial charge is 0.152 e. The van der Waals surface area contributed by atoms with Crippen LogP contribution >= 0.6 is 0 Å². The number of hydrogen-bond acceptors (Lipinski definition) is 5. The Morgan fingerprint density at radius 1 is 1.15 bits per heavy atom. The van der Waals surface area contributed by atoms with Gasteiger partial charge in [-0.1, -0.05) is 0 Å². The molecule has 0 amide bonds. The van der Waals surface area contributed by atoms with Crippen LogP contribution in [0.3, 0.4) is 0 Å². The standard InChI is InChI=1S/C15H22N4O/c1-10-7-19(8-11(2)20-10)14-4-3-13-15(17-14)16-12-5-6-18(13)9-12/h3-4,10-12H,5-9H2,1-2H3,(H,16,17)/t10-,11+,12?. The van der Waals surface area contributed by atoms with E-state index in [0.29, 0.717) is 6.04 Å². The number of rotatable bonds is 1. The van der Waals surface area contributed by atoms with Gasteiger partial charge in [-0.05, 0) is 32.4 Å². The van der Waals surface area contributed by atoms with Crippen LogP contribution in [0.25, 0.3) is 0 Å². The van der Waals surface area contributed by atoms with Crippen molar-refractivity contribution < 1.29 is 4.74 Å². The molecule has 1 aromatic heterocycles. The van der Waals surface area contributed by atoms with Gasteiger partial charge in [0.1, 0.15) is 5.82 Å². The maximum absolute atomic E-state index is 5.80. The summed E-state index contributed by atoms with van der Waals surface area (Å²) in [5, 5.41) is 3.58. The summed E-state index contributed by atoms with van der Waals surface area (Å²) in [6, 6.07) is 4.95. The van der Waals surface area contributed by atoms with Crippen molar-refractivity contribution in [1.82, 2.24) is 4.98 Å². The van der Waals surface area contributed by atoms with Crippen LogP contribution in [0.5, 0.6) is 0 Å². The molecule has 3 aliphatic heterocycles. The van der Waals surface area contributed by atoms with Crippen molar-refractivity contribution in [2.24, 2.45) is 0 Å². The highest BCUT2D eigenvalue weighted by molar-refractivity contribution is 5.72. The third kappa shape index (κ3) is 2.00. The van der Waals surface area contributed by atoms with Crippen LogP contribution in [-0.4, -0.2) is 49.4 Å². The number of nitrogens with zero attached hydrogens (tertiary/aromatic N) is 3. The van der Waals surface area contributed by atoms with Gasteiger partial charge < -0.3 is 19.9 Å².